The second-order valence-electron chi connectivity index (χ2n) is 8.18. The van der Waals surface area contributed by atoms with Gasteiger partial charge < -0.3 is 14.8 Å². The van der Waals surface area contributed by atoms with Crippen molar-refractivity contribution in [1.82, 2.24) is 5.32 Å². The zero-order chi connectivity index (χ0) is 22.1. The molecule has 0 bridgehead atoms. The lowest BCUT2D eigenvalue weighted by Gasteiger charge is -2.23. The van der Waals surface area contributed by atoms with Gasteiger partial charge in [-0.05, 0) is 62.4 Å². The minimum Gasteiger partial charge on any atom is -0.466 e. The van der Waals surface area contributed by atoms with Crippen molar-refractivity contribution in [3.8, 4) is 11.1 Å². The predicted molar refractivity (Wildman–Crippen MR) is 120 cm³/mol. The number of benzene rings is 2. The molecule has 1 atom stereocenters. The van der Waals surface area contributed by atoms with E-state index in [9.17, 15) is 9.59 Å². The lowest BCUT2D eigenvalue weighted by atomic mass is 9.99. The van der Waals surface area contributed by atoms with E-state index >= 15 is 0 Å². The molecule has 0 aliphatic heterocycles. The summed E-state index contributed by atoms with van der Waals surface area (Å²) in [5.74, 6) is -0.339. The molecule has 0 aliphatic rings. The number of nitrogens with one attached hydrogen (secondary N) is 1. The molecule has 2 aromatic rings. The van der Waals surface area contributed by atoms with E-state index in [1.165, 1.54) is 0 Å². The minimum atomic E-state index is -0.615. The van der Waals surface area contributed by atoms with Crippen LogP contribution in [0.3, 0.4) is 0 Å². The van der Waals surface area contributed by atoms with Gasteiger partial charge in [0, 0.05) is 11.1 Å². The van der Waals surface area contributed by atoms with Crippen LogP contribution in [0.25, 0.3) is 11.1 Å². The first kappa shape index (κ1) is 23.7. The molecule has 0 aliphatic carbocycles. The first-order chi connectivity index (χ1) is 14.2. The van der Waals surface area contributed by atoms with Crippen LogP contribution < -0.4 is 5.32 Å². The van der Waals surface area contributed by atoms with Gasteiger partial charge in [0.05, 0.1) is 13.0 Å². The van der Waals surface area contributed by atoms with E-state index in [4.69, 9.17) is 21.1 Å². The number of amides is 1. The van der Waals surface area contributed by atoms with Gasteiger partial charge in [0.25, 0.3) is 0 Å². The second-order valence-corrected chi connectivity index (χ2v) is 8.62. The average Bonchev–Trinajstić information content (AvgIpc) is 2.65. The maximum Gasteiger partial charge on any atom is 0.407 e. The summed E-state index contributed by atoms with van der Waals surface area (Å²) in [7, 11) is 0. The Bertz CT molecular complexity index is 843. The molecule has 1 N–H and O–H groups in total. The molecule has 0 spiro atoms. The topological polar surface area (TPSA) is 64.6 Å². The lowest BCUT2D eigenvalue weighted by Crippen LogP contribution is -2.41. The van der Waals surface area contributed by atoms with Crippen molar-refractivity contribution < 1.29 is 19.1 Å². The van der Waals surface area contributed by atoms with Gasteiger partial charge >= 0.3 is 12.1 Å². The fraction of sp³-hybridized carbons (Fsp3) is 0.417. The monoisotopic (exact) mass is 431 g/mol. The summed E-state index contributed by atoms with van der Waals surface area (Å²) in [5, 5.41) is 3.49. The normalized spacial score (nSPS) is 12.2. The van der Waals surface area contributed by atoms with Gasteiger partial charge in [-0.2, -0.15) is 0 Å². The SMILES string of the molecule is CCCOC(=O)CC(Cc1ccc(-c2cccc(Cl)c2)cc1)NC(=O)OC(C)(C)C. The number of hydrogen-bond acceptors (Lipinski definition) is 4. The predicted octanol–water partition coefficient (Wildman–Crippen LogP) is 5.79. The molecule has 30 heavy (non-hydrogen) atoms. The number of esters is 1. The van der Waals surface area contributed by atoms with Gasteiger partial charge in [0.2, 0.25) is 0 Å². The summed E-state index contributed by atoms with van der Waals surface area (Å²) in [4.78, 5) is 24.3. The maximum atomic E-state index is 12.2. The number of alkyl carbamates (subject to hydrolysis) is 1. The third-order valence-electron chi connectivity index (χ3n) is 4.20. The lowest BCUT2D eigenvalue weighted by molar-refractivity contribution is -0.144. The van der Waals surface area contributed by atoms with E-state index in [0.717, 1.165) is 23.1 Å². The molecular weight excluding hydrogens is 402 g/mol. The van der Waals surface area contributed by atoms with Gasteiger partial charge in [-0.15, -0.1) is 0 Å². The van der Waals surface area contributed by atoms with Crippen LogP contribution in [0.4, 0.5) is 4.79 Å². The second kappa shape index (κ2) is 11.0. The molecule has 0 radical (unpaired) electrons. The van der Waals surface area contributed by atoms with Gasteiger partial charge in [0.15, 0.2) is 0 Å². The van der Waals surface area contributed by atoms with Crippen LogP contribution in [-0.4, -0.2) is 30.3 Å². The first-order valence-corrected chi connectivity index (χ1v) is 10.5. The molecule has 162 valence electrons. The molecule has 0 saturated carbocycles. The van der Waals surface area contributed by atoms with Crippen molar-refractivity contribution in [2.75, 3.05) is 6.61 Å². The van der Waals surface area contributed by atoms with Crippen molar-refractivity contribution in [2.24, 2.45) is 0 Å². The highest BCUT2D eigenvalue weighted by Gasteiger charge is 2.22. The Morgan fingerprint density at radius 3 is 2.37 bits per heavy atom. The van der Waals surface area contributed by atoms with Crippen molar-refractivity contribution in [2.45, 2.75) is 58.6 Å². The van der Waals surface area contributed by atoms with Gasteiger partial charge in [-0.25, -0.2) is 4.79 Å². The summed E-state index contributed by atoms with van der Waals surface area (Å²) < 4.78 is 10.5. The Kier molecular flexibility index (Phi) is 8.72. The molecule has 6 heteroatoms. The van der Waals surface area contributed by atoms with E-state index in [-0.39, 0.29) is 12.4 Å². The van der Waals surface area contributed by atoms with E-state index in [1.807, 2.05) is 55.5 Å². The quantitative estimate of drug-likeness (QED) is 0.537. The highest BCUT2D eigenvalue weighted by molar-refractivity contribution is 6.30. The summed E-state index contributed by atoms with van der Waals surface area (Å²) in [6.07, 6.45) is 0.762. The minimum absolute atomic E-state index is 0.0787. The summed E-state index contributed by atoms with van der Waals surface area (Å²) in [6, 6.07) is 15.2. The molecular formula is C24H30ClNO4. The highest BCUT2D eigenvalue weighted by Crippen LogP contribution is 2.23. The Balaban J connectivity index is 2.09. The zero-order valence-corrected chi connectivity index (χ0v) is 18.8. The Hall–Kier alpha value is -2.53. The first-order valence-electron chi connectivity index (χ1n) is 10.2. The molecule has 1 unspecified atom stereocenters. The van der Waals surface area contributed by atoms with Crippen LogP contribution in [0.15, 0.2) is 48.5 Å². The standard InChI is InChI=1S/C24H30ClNO4/c1-5-13-29-22(27)16-21(26-23(28)30-24(2,3)4)14-17-9-11-18(12-10-17)19-7-6-8-20(25)15-19/h6-12,15,21H,5,13-14,16H2,1-4H3,(H,26,28). The summed E-state index contributed by atoms with van der Waals surface area (Å²) in [5.41, 5.74) is 2.45. The fourth-order valence-corrected chi connectivity index (χ4v) is 3.10. The smallest absolute Gasteiger partial charge is 0.407 e. The van der Waals surface area contributed by atoms with E-state index < -0.39 is 17.7 Å². The Morgan fingerprint density at radius 1 is 1.07 bits per heavy atom. The van der Waals surface area contributed by atoms with Crippen LogP contribution in [0.1, 0.15) is 46.1 Å². The van der Waals surface area contributed by atoms with Crippen molar-refractivity contribution in [3.63, 3.8) is 0 Å². The highest BCUT2D eigenvalue weighted by atomic mass is 35.5. The van der Waals surface area contributed by atoms with Crippen LogP contribution >= 0.6 is 11.6 Å². The maximum absolute atomic E-state index is 12.2. The number of hydrogen-bond donors (Lipinski definition) is 1. The van der Waals surface area contributed by atoms with Crippen LogP contribution in [0.2, 0.25) is 5.02 Å². The van der Waals surface area contributed by atoms with Crippen molar-refractivity contribution in [1.29, 1.82) is 0 Å². The third kappa shape index (κ3) is 8.46. The van der Waals surface area contributed by atoms with Crippen LogP contribution in [-0.2, 0) is 20.7 Å². The molecule has 1 amide bonds. The average molecular weight is 432 g/mol. The number of halogens is 1. The molecule has 0 saturated heterocycles. The molecule has 5 nitrogen and oxygen atoms in total. The third-order valence-corrected chi connectivity index (χ3v) is 4.43. The van der Waals surface area contributed by atoms with Crippen LogP contribution in [0.5, 0.6) is 0 Å². The number of rotatable bonds is 8. The van der Waals surface area contributed by atoms with Crippen LogP contribution in [0, 0.1) is 0 Å². The molecule has 2 aromatic carbocycles. The van der Waals surface area contributed by atoms with Gasteiger partial charge in [-0.3, -0.25) is 4.79 Å². The van der Waals surface area contributed by atoms with E-state index in [0.29, 0.717) is 18.1 Å². The van der Waals surface area contributed by atoms with E-state index in [2.05, 4.69) is 5.32 Å². The van der Waals surface area contributed by atoms with E-state index in [1.54, 1.807) is 20.8 Å². The largest absolute Gasteiger partial charge is 0.466 e. The Morgan fingerprint density at radius 2 is 1.77 bits per heavy atom. The molecule has 0 aromatic heterocycles. The fourth-order valence-electron chi connectivity index (χ4n) is 2.91. The number of carbonyl (C=O) groups is 2. The molecule has 0 heterocycles. The summed E-state index contributed by atoms with van der Waals surface area (Å²) >= 11 is 6.08. The number of carbonyl (C=O) groups excluding carboxylic acids is 2. The Labute approximate surface area is 183 Å². The molecule has 2 rings (SSSR count). The summed E-state index contributed by atoms with van der Waals surface area (Å²) in [6.45, 7) is 7.69. The van der Waals surface area contributed by atoms with Gasteiger partial charge in [-0.1, -0.05) is 54.9 Å². The zero-order valence-electron chi connectivity index (χ0n) is 18.0. The van der Waals surface area contributed by atoms with Crippen molar-refractivity contribution >= 4 is 23.7 Å². The van der Waals surface area contributed by atoms with Gasteiger partial charge in [0.1, 0.15) is 5.60 Å². The molecule has 0 fully saturated rings. The number of ether oxygens (including phenoxy) is 2. The van der Waals surface area contributed by atoms with Crippen molar-refractivity contribution in [3.05, 3.63) is 59.1 Å².